The summed E-state index contributed by atoms with van der Waals surface area (Å²) in [5.41, 5.74) is -0.501. The quantitative estimate of drug-likeness (QED) is 0.564. The zero-order chi connectivity index (χ0) is 7.56. The molecular weight excluding hydrogens is 134 g/mol. The molecule has 4 nitrogen and oxygen atoms in total. The Balaban J connectivity index is 3.17. The van der Waals surface area contributed by atoms with Gasteiger partial charge >= 0.3 is 0 Å². The molecule has 0 aliphatic heterocycles. The van der Waals surface area contributed by atoms with Crippen LogP contribution in [0.15, 0.2) is 23.1 Å². The van der Waals surface area contributed by atoms with Crippen molar-refractivity contribution in [3.63, 3.8) is 0 Å². The first-order valence-corrected chi connectivity index (χ1v) is 2.70. The van der Waals surface area contributed by atoms with Crippen LogP contribution in [0, 0.1) is 0 Å². The van der Waals surface area contributed by atoms with Crippen molar-refractivity contribution in [1.29, 1.82) is 0 Å². The van der Waals surface area contributed by atoms with Crippen molar-refractivity contribution in [3.05, 3.63) is 28.7 Å². The van der Waals surface area contributed by atoms with Crippen LogP contribution in [0.25, 0.3) is 0 Å². The molecule has 0 unspecified atom stereocenters. The van der Waals surface area contributed by atoms with E-state index in [4.69, 9.17) is 9.94 Å². The predicted molar refractivity (Wildman–Crippen MR) is 34.4 cm³/mol. The molecule has 0 saturated carbocycles. The molecule has 54 valence electrons. The van der Waals surface area contributed by atoms with Gasteiger partial charge in [-0.3, -0.25) is 4.79 Å². The molecule has 0 fully saturated rings. The molecule has 10 heavy (non-hydrogen) atoms. The maximum Gasteiger partial charge on any atom is 0.286 e. The van der Waals surface area contributed by atoms with Crippen molar-refractivity contribution in [2.45, 2.75) is 0 Å². The van der Waals surface area contributed by atoms with Crippen molar-refractivity contribution in [2.24, 2.45) is 0 Å². The fourth-order valence-corrected chi connectivity index (χ4v) is 0.580. The van der Waals surface area contributed by atoms with E-state index < -0.39 is 5.56 Å². The molecule has 1 N–H and O–H groups in total. The van der Waals surface area contributed by atoms with Gasteiger partial charge in [-0.25, -0.2) is 0 Å². The lowest BCUT2D eigenvalue weighted by Gasteiger charge is -1.97. The molecule has 0 aliphatic carbocycles. The van der Waals surface area contributed by atoms with Gasteiger partial charge in [-0.2, -0.15) is 4.73 Å². The van der Waals surface area contributed by atoms with Gasteiger partial charge in [0, 0.05) is 12.1 Å². The minimum Gasteiger partial charge on any atom is -0.496 e. The van der Waals surface area contributed by atoms with Crippen molar-refractivity contribution in [1.82, 2.24) is 4.73 Å². The minimum atomic E-state index is -0.501. The van der Waals surface area contributed by atoms with Crippen LogP contribution in [0.3, 0.4) is 0 Å². The molecule has 1 aromatic rings. The Labute approximate surface area is 57.2 Å². The average molecular weight is 141 g/mol. The normalized spacial score (nSPS) is 9.30. The zero-order valence-electron chi connectivity index (χ0n) is 5.44. The molecule has 0 spiro atoms. The highest BCUT2D eigenvalue weighted by Crippen LogP contribution is 2.01. The summed E-state index contributed by atoms with van der Waals surface area (Å²) >= 11 is 0. The predicted octanol–water partition coefficient (Wildman–Crippen LogP) is 0.0942. The Morgan fingerprint density at radius 1 is 1.70 bits per heavy atom. The lowest BCUT2D eigenvalue weighted by atomic mass is 10.4. The first kappa shape index (κ1) is 6.67. The molecule has 0 amide bonds. The molecule has 0 saturated heterocycles. The fraction of sp³-hybridized carbons (Fsp3) is 0.167. The van der Waals surface area contributed by atoms with E-state index in [1.165, 1.54) is 25.4 Å². The van der Waals surface area contributed by atoms with Gasteiger partial charge in [-0.1, -0.05) is 0 Å². The lowest BCUT2D eigenvalue weighted by Crippen LogP contribution is -2.15. The molecule has 4 heteroatoms. The SMILES string of the molecule is COc1ccn(O)c(=O)c1. The maximum absolute atomic E-state index is 10.6. The summed E-state index contributed by atoms with van der Waals surface area (Å²) in [5, 5.41) is 8.69. The largest absolute Gasteiger partial charge is 0.496 e. The maximum atomic E-state index is 10.6. The summed E-state index contributed by atoms with van der Waals surface area (Å²) in [5.74, 6) is 0.440. The van der Waals surface area contributed by atoms with E-state index in [2.05, 4.69) is 0 Å². The molecule has 1 rings (SSSR count). The van der Waals surface area contributed by atoms with Crippen molar-refractivity contribution >= 4 is 0 Å². The Morgan fingerprint density at radius 3 is 2.90 bits per heavy atom. The monoisotopic (exact) mass is 141 g/mol. The molecular formula is C6H7NO3. The van der Waals surface area contributed by atoms with E-state index in [1.54, 1.807) is 0 Å². The third kappa shape index (κ3) is 1.10. The van der Waals surface area contributed by atoms with Crippen LogP contribution >= 0.6 is 0 Å². The first-order valence-electron chi connectivity index (χ1n) is 2.70. The number of hydrogen-bond donors (Lipinski definition) is 1. The molecule has 1 heterocycles. The van der Waals surface area contributed by atoms with E-state index in [-0.39, 0.29) is 0 Å². The Morgan fingerprint density at radius 2 is 2.40 bits per heavy atom. The van der Waals surface area contributed by atoms with Gasteiger partial charge in [0.15, 0.2) is 0 Å². The van der Waals surface area contributed by atoms with E-state index >= 15 is 0 Å². The smallest absolute Gasteiger partial charge is 0.286 e. The Bertz CT molecular complexity index is 279. The van der Waals surface area contributed by atoms with Gasteiger partial charge in [-0.15, -0.1) is 0 Å². The molecule has 1 aromatic heterocycles. The van der Waals surface area contributed by atoms with E-state index in [0.717, 1.165) is 0 Å². The summed E-state index contributed by atoms with van der Waals surface area (Å²) in [6, 6.07) is 2.68. The van der Waals surface area contributed by atoms with Gasteiger partial charge in [0.05, 0.1) is 13.3 Å². The highest BCUT2D eigenvalue weighted by molar-refractivity contribution is 5.16. The molecule has 0 aromatic carbocycles. The van der Waals surface area contributed by atoms with Crippen molar-refractivity contribution in [2.75, 3.05) is 7.11 Å². The van der Waals surface area contributed by atoms with Crippen LogP contribution in [0.4, 0.5) is 0 Å². The van der Waals surface area contributed by atoms with Gasteiger partial charge in [-0.05, 0) is 0 Å². The number of rotatable bonds is 1. The number of pyridine rings is 1. The van der Waals surface area contributed by atoms with Crippen LogP contribution in [0.5, 0.6) is 5.75 Å². The third-order valence-corrected chi connectivity index (χ3v) is 1.11. The number of nitrogens with zero attached hydrogens (tertiary/aromatic N) is 1. The van der Waals surface area contributed by atoms with Gasteiger partial charge in [0.2, 0.25) is 0 Å². The summed E-state index contributed by atoms with van der Waals surface area (Å²) in [7, 11) is 1.45. The second-order valence-corrected chi connectivity index (χ2v) is 1.75. The topological polar surface area (TPSA) is 51.5 Å². The van der Waals surface area contributed by atoms with Crippen LogP contribution in [0.1, 0.15) is 0 Å². The fourth-order valence-electron chi connectivity index (χ4n) is 0.580. The molecule has 0 aliphatic rings. The van der Waals surface area contributed by atoms with Crippen LogP contribution in [0.2, 0.25) is 0 Å². The van der Waals surface area contributed by atoms with Crippen LogP contribution in [-0.4, -0.2) is 17.0 Å². The summed E-state index contributed by atoms with van der Waals surface area (Å²) in [6.07, 6.45) is 1.22. The first-order chi connectivity index (χ1) is 4.74. The Kier molecular flexibility index (Phi) is 1.62. The lowest BCUT2D eigenvalue weighted by molar-refractivity contribution is 0.174. The van der Waals surface area contributed by atoms with Gasteiger partial charge < -0.3 is 9.94 Å². The summed E-state index contributed by atoms with van der Waals surface area (Å²) in [6.45, 7) is 0. The standard InChI is InChI=1S/C6H7NO3/c1-10-5-2-3-7(9)6(8)4-5/h2-4,9H,1H3. The van der Waals surface area contributed by atoms with E-state index in [9.17, 15) is 4.79 Å². The third-order valence-electron chi connectivity index (χ3n) is 1.11. The highest BCUT2D eigenvalue weighted by Gasteiger charge is 1.93. The number of hydrogen-bond acceptors (Lipinski definition) is 3. The number of methoxy groups -OCH3 is 1. The number of aromatic nitrogens is 1. The van der Waals surface area contributed by atoms with E-state index in [1.807, 2.05) is 0 Å². The van der Waals surface area contributed by atoms with Gasteiger partial charge in [0.25, 0.3) is 5.56 Å². The summed E-state index contributed by atoms with van der Waals surface area (Å²) < 4.78 is 5.21. The van der Waals surface area contributed by atoms with Crippen LogP contribution in [-0.2, 0) is 0 Å². The van der Waals surface area contributed by atoms with Gasteiger partial charge in [0.1, 0.15) is 5.75 Å². The van der Waals surface area contributed by atoms with Crippen LogP contribution < -0.4 is 10.3 Å². The number of ether oxygens (including phenoxy) is 1. The zero-order valence-corrected chi connectivity index (χ0v) is 5.44. The van der Waals surface area contributed by atoms with E-state index in [0.29, 0.717) is 10.5 Å². The van der Waals surface area contributed by atoms with Crippen molar-refractivity contribution < 1.29 is 9.94 Å². The second-order valence-electron chi connectivity index (χ2n) is 1.75. The minimum absolute atomic E-state index is 0.440. The highest BCUT2D eigenvalue weighted by atomic mass is 16.5. The average Bonchev–Trinajstić information content (AvgIpc) is 1.95. The second kappa shape index (κ2) is 2.43. The molecule has 0 radical (unpaired) electrons. The Hall–Kier alpha value is -1.45. The summed E-state index contributed by atoms with van der Waals surface area (Å²) in [4.78, 5) is 10.6. The molecule has 0 atom stereocenters. The van der Waals surface area contributed by atoms with Crippen molar-refractivity contribution in [3.8, 4) is 5.75 Å². The molecule has 0 bridgehead atoms.